The van der Waals surface area contributed by atoms with Crippen LogP contribution in [0.3, 0.4) is 0 Å². The highest BCUT2D eigenvalue weighted by molar-refractivity contribution is 7.19. The summed E-state index contributed by atoms with van der Waals surface area (Å²) in [6.45, 7) is 2.64. The number of thiophene rings is 1. The van der Waals surface area contributed by atoms with Gasteiger partial charge >= 0.3 is 5.97 Å². The Morgan fingerprint density at radius 2 is 2.32 bits per heavy atom. The first kappa shape index (κ1) is 15.2. The highest BCUT2D eigenvalue weighted by Gasteiger charge is 2.11. The summed E-state index contributed by atoms with van der Waals surface area (Å²) in [6, 6.07) is 3.82. The van der Waals surface area contributed by atoms with Gasteiger partial charge in [0, 0.05) is 11.6 Å². The first-order valence-corrected chi connectivity index (χ1v) is 8.63. The molecule has 8 heteroatoms. The lowest BCUT2D eigenvalue weighted by Crippen LogP contribution is -2.03. The summed E-state index contributed by atoms with van der Waals surface area (Å²) in [5.41, 5.74) is 1.36. The predicted molar refractivity (Wildman–Crippen MR) is 87.7 cm³/mol. The number of aromatic nitrogens is 3. The number of rotatable bonds is 5. The van der Waals surface area contributed by atoms with Gasteiger partial charge in [0.15, 0.2) is 0 Å². The van der Waals surface area contributed by atoms with Crippen LogP contribution in [0.2, 0.25) is 4.34 Å². The van der Waals surface area contributed by atoms with Gasteiger partial charge < -0.3 is 4.74 Å². The van der Waals surface area contributed by atoms with E-state index in [1.54, 1.807) is 29.1 Å². The van der Waals surface area contributed by atoms with Crippen molar-refractivity contribution in [2.45, 2.75) is 13.5 Å². The largest absolute Gasteiger partial charge is 0.462 e. The summed E-state index contributed by atoms with van der Waals surface area (Å²) < 4.78 is 7.36. The minimum absolute atomic E-state index is 0.350. The maximum Gasteiger partial charge on any atom is 0.341 e. The van der Waals surface area contributed by atoms with Crippen molar-refractivity contribution in [3.63, 3.8) is 0 Å². The van der Waals surface area contributed by atoms with E-state index in [2.05, 4.69) is 10.1 Å². The van der Waals surface area contributed by atoms with E-state index < -0.39 is 0 Å². The topological polar surface area (TPSA) is 57.0 Å². The first-order chi connectivity index (χ1) is 10.7. The Labute approximate surface area is 140 Å². The molecule has 0 aliphatic heterocycles. The van der Waals surface area contributed by atoms with Crippen molar-refractivity contribution in [3.05, 3.63) is 44.8 Å². The Morgan fingerprint density at radius 1 is 1.45 bits per heavy atom. The number of hydrogen-bond acceptors (Lipinski definition) is 6. The molecule has 0 aliphatic carbocycles. The fourth-order valence-electron chi connectivity index (χ4n) is 1.86. The van der Waals surface area contributed by atoms with Crippen LogP contribution in [-0.4, -0.2) is 27.3 Å². The summed E-state index contributed by atoms with van der Waals surface area (Å²) in [4.78, 5) is 17.2. The van der Waals surface area contributed by atoms with E-state index in [-0.39, 0.29) is 5.97 Å². The molecule has 3 aromatic heterocycles. The molecular formula is C14H12ClN3O2S2. The molecule has 0 saturated carbocycles. The molecule has 0 aliphatic rings. The van der Waals surface area contributed by atoms with Crippen LogP contribution in [0.25, 0.3) is 10.6 Å². The number of carbonyl (C=O) groups is 1. The lowest BCUT2D eigenvalue weighted by atomic mass is 10.4. The van der Waals surface area contributed by atoms with Crippen molar-refractivity contribution in [3.8, 4) is 10.6 Å². The van der Waals surface area contributed by atoms with Crippen LogP contribution >= 0.6 is 34.3 Å². The van der Waals surface area contributed by atoms with Gasteiger partial charge in [0.1, 0.15) is 5.01 Å². The number of thiazole rings is 1. The fraction of sp³-hybridized carbons (Fsp3) is 0.214. The zero-order valence-electron chi connectivity index (χ0n) is 11.7. The molecule has 0 aromatic carbocycles. The molecule has 3 heterocycles. The maximum absolute atomic E-state index is 11.6. The molecule has 0 fully saturated rings. The third-order valence-corrected chi connectivity index (χ3v) is 4.91. The normalized spacial score (nSPS) is 10.8. The van der Waals surface area contributed by atoms with E-state index in [1.165, 1.54) is 17.5 Å². The maximum atomic E-state index is 11.6. The lowest BCUT2D eigenvalue weighted by molar-refractivity contribution is 0.0526. The van der Waals surface area contributed by atoms with Crippen LogP contribution < -0.4 is 0 Å². The number of carbonyl (C=O) groups excluding carboxylic acids is 1. The quantitative estimate of drug-likeness (QED) is 0.652. The first-order valence-electron chi connectivity index (χ1n) is 6.55. The molecule has 0 atom stereocenters. The van der Waals surface area contributed by atoms with Gasteiger partial charge in [-0.1, -0.05) is 11.6 Å². The van der Waals surface area contributed by atoms with Crippen molar-refractivity contribution in [1.29, 1.82) is 0 Å². The second kappa shape index (κ2) is 6.60. The van der Waals surface area contributed by atoms with E-state index in [0.29, 0.717) is 18.7 Å². The van der Waals surface area contributed by atoms with Crippen LogP contribution in [0.15, 0.2) is 29.9 Å². The van der Waals surface area contributed by atoms with Crippen LogP contribution in [0, 0.1) is 0 Å². The Kier molecular flexibility index (Phi) is 4.56. The Balaban J connectivity index is 1.71. The molecule has 0 bridgehead atoms. The third kappa shape index (κ3) is 3.37. The molecule has 114 valence electrons. The zero-order chi connectivity index (χ0) is 15.5. The van der Waals surface area contributed by atoms with Gasteiger partial charge in [0.05, 0.1) is 39.8 Å². The summed E-state index contributed by atoms with van der Waals surface area (Å²) in [5.74, 6) is -0.359. The van der Waals surface area contributed by atoms with E-state index in [9.17, 15) is 4.79 Å². The van der Waals surface area contributed by atoms with Crippen molar-refractivity contribution >= 4 is 40.2 Å². The molecular weight excluding hydrogens is 342 g/mol. The molecule has 3 aromatic rings. The fourth-order valence-corrected chi connectivity index (χ4v) is 3.72. The van der Waals surface area contributed by atoms with Gasteiger partial charge in [-0.25, -0.2) is 9.78 Å². The number of halogens is 1. The van der Waals surface area contributed by atoms with Crippen LogP contribution in [-0.2, 0) is 11.3 Å². The molecule has 0 saturated heterocycles. The van der Waals surface area contributed by atoms with Crippen molar-refractivity contribution in [1.82, 2.24) is 14.8 Å². The minimum Gasteiger partial charge on any atom is -0.462 e. The van der Waals surface area contributed by atoms with Crippen molar-refractivity contribution in [2.75, 3.05) is 6.61 Å². The highest BCUT2D eigenvalue weighted by atomic mass is 35.5. The van der Waals surface area contributed by atoms with Crippen molar-refractivity contribution in [2.24, 2.45) is 0 Å². The lowest BCUT2D eigenvalue weighted by Gasteiger charge is -1.98. The monoisotopic (exact) mass is 353 g/mol. The molecule has 22 heavy (non-hydrogen) atoms. The van der Waals surface area contributed by atoms with Gasteiger partial charge in [-0.15, -0.1) is 22.7 Å². The summed E-state index contributed by atoms with van der Waals surface area (Å²) in [5, 5.41) is 7.07. The molecule has 0 N–H and O–H groups in total. The SMILES string of the molecule is CCOC(=O)c1cnn(Cc2nc(-c3ccc(Cl)s3)cs2)c1. The Hall–Kier alpha value is -1.70. The minimum atomic E-state index is -0.359. The third-order valence-electron chi connectivity index (χ3n) is 2.82. The van der Waals surface area contributed by atoms with Crippen LogP contribution in [0.1, 0.15) is 22.3 Å². The average Bonchev–Trinajstić information content (AvgIpc) is 3.20. The second-order valence-electron chi connectivity index (χ2n) is 4.38. The number of hydrogen-bond donors (Lipinski definition) is 0. The summed E-state index contributed by atoms with van der Waals surface area (Å²) in [7, 11) is 0. The predicted octanol–water partition coefficient (Wildman–Crippen LogP) is 3.95. The highest BCUT2D eigenvalue weighted by Crippen LogP contribution is 2.31. The van der Waals surface area contributed by atoms with E-state index in [4.69, 9.17) is 16.3 Å². The smallest absolute Gasteiger partial charge is 0.341 e. The van der Waals surface area contributed by atoms with Gasteiger partial charge in [-0.05, 0) is 19.1 Å². The van der Waals surface area contributed by atoms with Gasteiger partial charge in [-0.3, -0.25) is 4.68 Å². The molecule has 5 nitrogen and oxygen atoms in total. The Bertz CT molecular complexity index is 793. The van der Waals surface area contributed by atoms with Crippen molar-refractivity contribution < 1.29 is 9.53 Å². The zero-order valence-corrected chi connectivity index (χ0v) is 14.0. The molecule has 3 rings (SSSR count). The van der Waals surface area contributed by atoms with E-state index >= 15 is 0 Å². The molecule has 0 amide bonds. The van der Waals surface area contributed by atoms with E-state index in [0.717, 1.165) is 19.9 Å². The number of nitrogens with zero attached hydrogens (tertiary/aromatic N) is 3. The van der Waals surface area contributed by atoms with Gasteiger partial charge in [0.25, 0.3) is 0 Å². The van der Waals surface area contributed by atoms with Gasteiger partial charge in [0.2, 0.25) is 0 Å². The van der Waals surface area contributed by atoms with Crippen LogP contribution in [0.4, 0.5) is 0 Å². The number of esters is 1. The Morgan fingerprint density at radius 3 is 3.05 bits per heavy atom. The standard InChI is InChI=1S/C14H12ClN3O2S2/c1-2-20-14(19)9-5-16-18(6-9)7-13-17-10(8-21-13)11-3-4-12(15)22-11/h3-6,8H,2,7H2,1H3. The molecule has 0 unspecified atom stereocenters. The van der Waals surface area contributed by atoms with Crippen LogP contribution in [0.5, 0.6) is 0 Å². The number of ether oxygens (including phenoxy) is 1. The van der Waals surface area contributed by atoms with E-state index in [1.807, 2.05) is 17.5 Å². The van der Waals surface area contributed by atoms with Gasteiger partial charge in [-0.2, -0.15) is 5.10 Å². The molecule has 0 spiro atoms. The molecule has 0 radical (unpaired) electrons. The second-order valence-corrected chi connectivity index (χ2v) is 7.04. The summed E-state index contributed by atoms with van der Waals surface area (Å²) >= 11 is 8.99. The average molecular weight is 354 g/mol. The summed E-state index contributed by atoms with van der Waals surface area (Å²) in [6.07, 6.45) is 3.17.